The van der Waals surface area contributed by atoms with E-state index in [0.717, 1.165) is 21.9 Å². The number of ether oxygens (including phenoxy) is 1. The summed E-state index contributed by atoms with van der Waals surface area (Å²) in [6, 6.07) is 0. The first kappa shape index (κ1) is 16.3. The highest BCUT2D eigenvalue weighted by Gasteiger charge is 2.29. The van der Waals surface area contributed by atoms with Crippen LogP contribution in [0, 0.1) is 0 Å². The minimum absolute atomic E-state index is 0.317. The number of carbonyl (C=O) groups is 1. The quantitative estimate of drug-likeness (QED) is 0.728. The number of rotatable bonds is 0. The molecule has 0 spiro atoms. The van der Waals surface area contributed by atoms with Gasteiger partial charge in [0.1, 0.15) is 5.60 Å². The molecule has 0 unspecified atom stereocenters. The molecule has 23 heavy (non-hydrogen) atoms. The molecule has 0 aliphatic carbocycles. The molecule has 1 aromatic rings. The second-order valence-corrected chi connectivity index (χ2v) is 7.44. The summed E-state index contributed by atoms with van der Waals surface area (Å²) in [5.41, 5.74) is 1.04. The van der Waals surface area contributed by atoms with Crippen LogP contribution < -0.4 is 15.6 Å². The van der Waals surface area contributed by atoms with Gasteiger partial charge in [-0.05, 0) is 42.8 Å². The van der Waals surface area contributed by atoms with Crippen molar-refractivity contribution in [3.63, 3.8) is 0 Å². The van der Waals surface area contributed by atoms with E-state index >= 15 is 0 Å². The molecular weight excluding hydrogens is 384 g/mol. The van der Waals surface area contributed by atoms with Gasteiger partial charge >= 0.3 is 6.09 Å². The fourth-order valence-corrected chi connectivity index (χ4v) is 3.05. The Balaban J connectivity index is 2.19. The lowest BCUT2D eigenvalue weighted by Gasteiger charge is -2.26. The summed E-state index contributed by atoms with van der Waals surface area (Å²) in [7, 11) is 0. The van der Waals surface area contributed by atoms with Crippen LogP contribution in [-0.2, 0) is 11.3 Å². The number of nitrogens with one attached hydrogen (secondary N) is 1. The van der Waals surface area contributed by atoms with Crippen molar-refractivity contribution in [2.75, 3.05) is 11.4 Å². The Morgan fingerprint density at radius 3 is 2.91 bits per heavy atom. The standard InChI is InChI=1S/C15H16BrClN4O2/c1-15(2,3)23-14(22)21-5-4-9(17)11(16)12-13(21)8-6-18-19-7-10(8)20-12/h4,7,20H,5-6H2,1-3H3. The number of nitrogens with zero attached hydrogens (tertiary/aromatic N) is 3. The molecule has 3 heterocycles. The van der Waals surface area contributed by atoms with Crippen molar-refractivity contribution < 1.29 is 9.53 Å². The van der Waals surface area contributed by atoms with E-state index < -0.39 is 11.7 Å². The Labute approximate surface area is 146 Å². The summed E-state index contributed by atoms with van der Waals surface area (Å²) in [5, 5.41) is 10.0. The van der Waals surface area contributed by atoms with Crippen LogP contribution in [0.3, 0.4) is 0 Å². The van der Waals surface area contributed by atoms with Gasteiger partial charge in [-0.25, -0.2) is 4.79 Å². The molecule has 2 aliphatic rings. The molecule has 0 bridgehead atoms. The molecule has 6 nitrogen and oxygen atoms in total. The molecule has 3 rings (SSSR count). The highest BCUT2D eigenvalue weighted by molar-refractivity contribution is 9.15. The van der Waals surface area contributed by atoms with Crippen molar-refractivity contribution in [2.24, 2.45) is 10.2 Å². The predicted octanol–water partition coefficient (Wildman–Crippen LogP) is 3.10. The number of carbonyl (C=O) groups excluding carboxylic acids is 1. The predicted molar refractivity (Wildman–Crippen MR) is 92.9 cm³/mol. The number of azo groups is 1. The van der Waals surface area contributed by atoms with Gasteiger partial charge in [-0.3, -0.25) is 4.90 Å². The van der Waals surface area contributed by atoms with Gasteiger partial charge in [0.25, 0.3) is 0 Å². The van der Waals surface area contributed by atoms with Crippen molar-refractivity contribution in [2.45, 2.75) is 32.9 Å². The first-order valence-corrected chi connectivity index (χ1v) is 8.29. The van der Waals surface area contributed by atoms with E-state index in [1.54, 1.807) is 17.2 Å². The van der Waals surface area contributed by atoms with Crippen molar-refractivity contribution in [1.82, 2.24) is 4.98 Å². The number of aromatic nitrogens is 1. The summed E-state index contributed by atoms with van der Waals surface area (Å²) < 4.78 is 6.23. The minimum atomic E-state index is -0.583. The third kappa shape index (κ3) is 3.07. The van der Waals surface area contributed by atoms with Crippen molar-refractivity contribution >= 4 is 50.0 Å². The Kier molecular flexibility index (Phi) is 4.10. The first-order chi connectivity index (χ1) is 10.8. The maximum absolute atomic E-state index is 12.7. The van der Waals surface area contributed by atoms with E-state index in [4.69, 9.17) is 16.3 Å². The van der Waals surface area contributed by atoms with E-state index in [0.29, 0.717) is 22.6 Å². The average molecular weight is 400 g/mol. The molecule has 0 saturated carbocycles. The summed E-state index contributed by atoms with van der Waals surface area (Å²) in [4.78, 5) is 17.5. The Hall–Kier alpha value is -1.60. The molecule has 1 aromatic heterocycles. The van der Waals surface area contributed by atoms with Gasteiger partial charge in [-0.2, -0.15) is 10.2 Å². The molecule has 0 atom stereocenters. The molecule has 0 radical (unpaired) electrons. The number of anilines is 1. The van der Waals surface area contributed by atoms with Crippen molar-refractivity contribution in [3.8, 4) is 0 Å². The smallest absolute Gasteiger partial charge is 0.415 e. The largest absolute Gasteiger partial charge is 0.443 e. The zero-order valence-electron chi connectivity index (χ0n) is 13.0. The number of hydrogen-bond acceptors (Lipinski definition) is 4. The fourth-order valence-electron chi connectivity index (χ4n) is 2.44. The number of fused-ring (bicyclic) bond motifs is 3. The molecule has 122 valence electrons. The topological polar surface area (TPSA) is 70.0 Å². The lowest BCUT2D eigenvalue weighted by molar-refractivity contribution is 0.0584. The van der Waals surface area contributed by atoms with E-state index in [1.807, 2.05) is 20.8 Å². The third-order valence-corrected chi connectivity index (χ3v) is 4.77. The zero-order valence-corrected chi connectivity index (χ0v) is 15.3. The van der Waals surface area contributed by atoms with Crippen molar-refractivity contribution in [3.05, 3.63) is 27.4 Å². The second-order valence-electron chi connectivity index (χ2n) is 6.24. The molecule has 0 aromatic carbocycles. The number of amides is 1. The first-order valence-electron chi connectivity index (χ1n) is 7.12. The van der Waals surface area contributed by atoms with Gasteiger partial charge < -0.3 is 9.72 Å². The van der Waals surface area contributed by atoms with Gasteiger partial charge in [0, 0.05) is 12.1 Å². The number of halogens is 2. The van der Waals surface area contributed by atoms with Gasteiger partial charge in [0.2, 0.25) is 0 Å². The average Bonchev–Trinajstić information content (AvgIpc) is 2.78. The molecule has 1 N–H and O–H groups in total. The normalized spacial score (nSPS) is 17.0. The van der Waals surface area contributed by atoms with E-state index in [9.17, 15) is 4.79 Å². The molecule has 1 amide bonds. The van der Waals surface area contributed by atoms with Gasteiger partial charge in [0.15, 0.2) is 0 Å². The van der Waals surface area contributed by atoms with Crippen LogP contribution in [0.5, 0.6) is 0 Å². The Morgan fingerprint density at radius 1 is 1.48 bits per heavy atom. The maximum Gasteiger partial charge on any atom is 0.415 e. The van der Waals surface area contributed by atoms with Crippen LogP contribution in [0.1, 0.15) is 26.3 Å². The van der Waals surface area contributed by atoms with E-state index in [-0.39, 0.29) is 0 Å². The Morgan fingerprint density at radius 2 is 2.22 bits per heavy atom. The Bertz CT molecular complexity index is 848. The monoisotopic (exact) mass is 398 g/mol. The number of allylic oxidation sites excluding steroid dienone is 1. The van der Waals surface area contributed by atoms with Crippen LogP contribution in [0.4, 0.5) is 10.5 Å². The molecule has 0 fully saturated rings. The summed E-state index contributed by atoms with van der Waals surface area (Å²) in [6.07, 6.45) is 2.98. The SMILES string of the molecule is CC(C)(C)OC(=O)N1CC=C(Cl)C(Br)=c2[nH]c3c(c21)CN=NC=3. The third-order valence-electron chi connectivity index (χ3n) is 3.37. The fraction of sp³-hybridized carbons (Fsp3) is 0.400. The lowest BCUT2D eigenvalue weighted by Crippen LogP contribution is -2.39. The summed E-state index contributed by atoms with van der Waals surface area (Å²) in [6.45, 7) is 6.22. The molecular formula is C15H16BrClN4O2. The molecule has 8 heteroatoms. The number of aromatic amines is 1. The van der Waals surface area contributed by atoms with Gasteiger partial charge in [0.05, 0.1) is 38.6 Å². The molecule has 2 aliphatic heterocycles. The van der Waals surface area contributed by atoms with Crippen LogP contribution in [-0.4, -0.2) is 23.2 Å². The molecule has 0 saturated heterocycles. The van der Waals surface area contributed by atoms with Crippen molar-refractivity contribution in [1.29, 1.82) is 0 Å². The second kappa shape index (κ2) is 5.79. The highest BCUT2D eigenvalue weighted by Crippen LogP contribution is 2.28. The van der Waals surface area contributed by atoms with Gasteiger partial charge in [-0.15, -0.1) is 0 Å². The maximum atomic E-state index is 12.7. The van der Waals surface area contributed by atoms with Crippen LogP contribution in [0.2, 0.25) is 0 Å². The minimum Gasteiger partial charge on any atom is -0.443 e. The van der Waals surface area contributed by atoms with E-state index in [1.165, 1.54) is 0 Å². The van der Waals surface area contributed by atoms with E-state index in [2.05, 4.69) is 31.1 Å². The highest BCUT2D eigenvalue weighted by atomic mass is 79.9. The zero-order chi connectivity index (χ0) is 16.8. The van der Waals surface area contributed by atoms with Crippen LogP contribution in [0.15, 0.2) is 21.3 Å². The van der Waals surface area contributed by atoms with Gasteiger partial charge in [-0.1, -0.05) is 11.6 Å². The lowest BCUT2D eigenvalue weighted by atomic mass is 10.2. The van der Waals surface area contributed by atoms with Crippen LogP contribution in [0.25, 0.3) is 10.7 Å². The number of hydrogen-bond donors (Lipinski definition) is 1. The summed E-state index contributed by atoms with van der Waals surface area (Å²) in [5.74, 6) is 0. The summed E-state index contributed by atoms with van der Waals surface area (Å²) >= 11 is 9.79. The van der Waals surface area contributed by atoms with Crippen LogP contribution >= 0.6 is 27.5 Å². The number of H-pyrrole nitrogens is 1.